The number of nitrogens with zero attached hydrogens (tertiary/aromatic N) is 1. The molecular weight excluding hydrogens is 268 g/mol. The maximum Gasteiger partial charge on any atom is 0.164 e. The minimum Gasteiger partial charge on any atom is -0.302 e. The lowest BCUT2D eigenvalue weighted by atomic mass is 10.1. The third-order valence-corrected chi connectivity index (χ3v) is 4.55. The maximum atomic E-state index is 13.0. The van der Waals surface area contributed by atoms with Gasteiger partial charge in [0.15, 0.2) is 5.78 Å². The quantitative estimate of drug-likeness (QED) is 0.776. The molecule has 1 aliphatic heterocycles. The molecule has 5 heteroatoms. The molecule has 1 heterocycles. The van der Waals surface area contributed by atoms with Crippen molar-refractivity contribution >= 4 is 17.5 Å². The number of hydrogen-bond acceptors (Lipinski definition) is 3. The normalized spacial score (nSPS) is 19.1. The fourth-order valence-electron chi connectivity index (χ4n) is 2.19. The summed E-state index contributed by atoms with van der Waals surface area (Å²) in [6, 6.07) is 3.48. The number of benzene rings is 1. The van der Waals surface area contributed by atoms with E-state index in [-0.39, 0.29) is 11.3 Å². The standard InChI is InChI=1S/C14H17F2NOS/c1-17(13-3-5-19-9-13)4-2-14(18)10-6-11(15)8-12(16)7-10/h6-8,13H,2-5,9H2,1H3. The Kier molecular flexibility index (Phi) is 4.93. The predicted molar refractivity (Wildman–Crippen MR) is 73.7 cm³/mol. The molecule has 1 aromatic rings. The van der Waals surface area contributed by atoms with Crippen molar-refractivity contribution in [2.24, 2.45) is 0 Å². The van der Waals surface area contributed by atoms with Gasteiger partial charge in [-0.25, -0.2) is 8.78 Å². The molecule has 104 valence electrons. The van der Waals surface area contributed by atoms with Crippen LogP contribution in [0.25, 0.3) is 0 Å². The monoisotopic (exact) mass is 285 g/mol. The molecule has 0 saturated carbocycles. The van der Waals surface area contributed by atoms with E-state index >= 15 is 0 Å². The summed E-state index contributed by atoms with van der Waals surface area (Å²) in [5.74, 6) is 0.640. The average Bonchev–Trinajstić information content (AvgIpc) is 2.88. The highest BCUT2D eigenvalue weighted by Gasteiger charge is 2.20. The van der Waals surface area contributed by atoms with Crippen molar-refractivity contribution in [3.8, 4) is 0 Å². The first-order valence-electron chi connectivity index (χ1n) is 6.33. The SMILES string of the molecule is CN(CCC(=O)c1cc(F)cc(F)c1)C1CCSC1. The largest absolute Gasteiger partial charge is 0.302 e. The van der Waals surface area contributed by atoms with E-state index < -0.39 is 11.6 Å². The van der Waals surface area contributed by atoms with Gasteiger partial charge < -0.3 is 4.90 Å². The number of rotatable bonds is 5. The van der Waals surface area contributed by atoms with E-state index in [9.17, 15) is 13.6 Å². The van der Waals surface area contributed by atoms with Crippen LogP contribution in [0.15, 0.2) is 18.2 Å². The van der Waals surface area contributed by atoms with Gasteiger partial charge in [-0.3, -0.25) is 4.79 Å². The molecule has 1 fully saturated rings. The summed E-state index contributed by atoms with van der Waals surface area (Å²) in [5, 5.41) is 0. The molecule has 1 saturated heterocycles. The van der Waals surface area contributed by atoms with Gasteiger partial charge in [0.05, 0.1) is 0 Å². The highest BCUT2D eigenvalue weighted by Crippen LogP contribution is 2.21. The molecule has 0 aromatic heterocycles. The second kappa shape index (κ2) is 6.48. The van der Waals surface area contributed by atoms with Crippen LogP contribution < -0.4 is 0 Å². The first kappa shape index (κ1) is 14.5. The lowest BCUT2D eigenvalue weighted by Gasteiger charge is -2.22. The topological polar surface area (TPSA) is 20.3 Å². The zero-order valence-electron chi connectivity index (χ0n) is 10.9. The molecule has 1 unspecified atom stereocenters. The fraction of sp³-hybridized carbons (Fsp3) is 0.500. The molecular formula is C14H17F2NOS. The predicted octanol–water partition coefficient (Wildman–Crippen LogP) is 2.97. The maximum absolute atomic E-state index is 13.0. The molecule has 0 radical (unpaired) electrons. The van der Waals surface area contributed by atoms with Crippen LogP contribution in [-0.2, 0) is 0 Å². The van der Waals surface area contributed by atoms with Gasteiger partial charge in [0.2, 0.25) is 0 Å². The molecule has 19 heavy (non-hydrogen) atoms. The molecule has 1 atom stereocenters. The molecule has 0 spiro atoms. The number of halogens is 2. The van der Waals surface area contributed by atoms with Crippen molar-refractivity contribution in [2.45, 2.75) is 18.9 Å². The van der Waals surface area contributed by atoms with E-state index in [2.05, 4.69) is 4.90 Å². The number of thioether (sulfide) groups is 1. The van der Waals surface area contributed by atoms with Gasteiger partial charge >= 0.3 is 0 Å². The summed E-state index contributed by atoms with van der Waals surface area (Å²) in [7, 11) is 2.00. The number of carbonyl (C=O) groups excluding carboxylic acids is 1. The van der Waals surface area contributed by atoms with Crippen molar-refractivity contribution < 1.29 is 13.6 Å². The summed E-state index contributed by atoms with van der Waals surface area (Å²) in [5.41, 5.74) is 0.117. The van der Waals surface area contributed by atoms with Crippen LogP contribution in [0.2, 0.25) is 0 Å². The van der Waals surface area contributed by atoms with Gasteiger partial charge in [0, 0.05) is 36.4 Å². The van der Waals surface area contributed by atoms with Crippen LogP contribution in [0.4, 0.5) is 8.78 Å². The van der Waals surface area contributed by atoms with E-state index in [0.29, 0.717) is 19.0 Å². The molecule has 0 N–H and O–H groups in total. The van der Waals surface area contributed by atoms with Crippen molar-refractivity contribution in [1.82, 2.24) is 4.90 Å². The number of hydrogen-bond donors (Lipinski definition) is 0. The van der Waals surface area contributed by atoms with Crippen molar-refractivity contribution in [3.63, 3.8) is 0 Å². The van der Waals surface area contributed by atoms with E-state index in [1.54, 1.807) is 0 Å². The Hall–Kier alpha value is -0.940. The van der Waals surface area contributed by atoms with Crippen molar-refractivity contribution in [3.05, 3.63) is 35.4 Å². The lowest BCUT2D eigenvalue weighted by molar-refractivity contribution is 0.0962. The van der Waals surface area contributed by atoms with E-state index in [1.165, 1.54) is 0 Å². The Morgan fingerprint density at radius 1 is 1.37 bits per heavy atom. The summed E-state index contributed by atoms with van der Waals surface area (Å²) in [4.78, 5) is 14.1. The Morgan fingerprint density at radius 2 is 2.05 bits per heavy atom. The minimum absolute atomic E-state index is 0.117. The van der Waals surface area contributed by atoms with Crippen LogP contribution >= 0.6 is 11.8 Å². The number of carbonyl (C=O) groups is 1. The Labute approximate surface area is 116 Å². The molecule has 1 aliphatic rings. The lowest BCUT2D eigenvalue weighted by Crippen LogP contribution is -2.33. The highest BCUT2D eigenvalue weighted by molar-refractivity contribution is 7.99. The zero-order valence-corrected chi connectivity index (χ0v) is 11.7. The number of ketones is 1. The van der Waals surface area contributed by atoms with Crippen LogP contribution in [0.1, 0.15) is 23.2 Å². The fourth-order valence-corrected chi connectivity index (χ4v) is 3.49. The smallest absolute Gasteiger partial charge is 0.164 e. The van der Waals surface area contributed by atoms with Crippen molar-refractivity contribution in [2.75, 3.05) is 25.1 Å². The van der Waals surface area contributed by atoms with Gasteiger partial charge in [-0.05, 0) is 31.4 Å². The summed E-state index contributed by atoms with van der Waals surface area (Å²) in [6.07, 6.45) is 1.44. The second-order valence-corrected chi connectivity index (χ2v) is 5.98. The molecule has 2 rings (SSSR count). The number of Topliss-reactive ketones (excluding diaryl/α,β-unsaturated/α-hetero) is 1. The third-order valence-electron chi connectivity index (χ3n) is 3.41. The van der Waals surface area contributed by atoms with Gasteiger partial charge in [0.1, 0.15) is 11.6 Å². The van der Waals surface area contributed by atoms with Crippen LogP contribution in [0.5, 0.6) is 0 Å². The summed E-state index contributed by atoms with van der Waals surface area (Å²) >= 11 is 1.92. The van der Waals surface area contributed by atoms with Gasteiger partial charge in [-0.1, -0.05) is 0 Å². The van der Waals surface area contributed by atoms with Crippen LogP contribution in [0, 0.1) is 11.6 Å². The molecule has 0 amide bonds. The Morgan fingerprint density at radius 3 is 2.63 bits per heavy atom. The van der Waals surface area contributed by atoms with Gasteiger partial charge in [-0.2, -0.15) is 11.8 Å². The minimum atomic E-state index is -0.705. The third kappa shape index (κ3) is 4.01. The van der Waals surface area contributed by atoms with E-state index in [4.69, 9.17) is 0 Å². The van der Waals surface area contributed by atoms with Crippen LogP contribution in [0.3, 0.4) is 0 Å². The Balaban J connectivity index is 1.89. The average molecular weight is 285 g/mol. The van der Waals surface area contributed by atoms with E-state index in [0.717, 1.165) is 36.1 Å². The summed E-state index contributed by atoms with van der Waals surface area (Å²) in [6.45, 7) is 0.627. The molecule has 1 aromatic carbocycles. The zero-order chi connectivity index (χ0) is 13.8. The van der Waals surface area contributed by atoms with Gasteiger partial charge in [-0.15, -0.1) is 0 Å². The van der Waals surface area contributed by atoms with Crippen LogP contribution in [-0.4, -0.2) is 41.8 Å². The first-order chi connectivity index (χ1) is 9.06. The molecule has 0 aliphatic carbocycles. The van der Waals surface area contributed by atoms with E-state index in [1.807, 2.05) is 18.8 Å². The highest BCUT2D eigenvalue weighted by atomic mass is 32.2. The summed E-state index contributed by atoms with van der Waals surface area (Å²) < 4.78 is 26.1. The first-order valence-corrected chi connectivity index (χ1v) is 7.49. The molecule has 2 nitrogen and oxygen atoms in total. The molecule has 0 bridgehead atoms. The van der Waals surface area contributed by atoms with Crippen molar-refractivity contribution in [1.29, 1.82) is 0 Å². The van der Waals surface area contributed by atoms with Gasteiger partial charge in [0.25, 0.3) is 0 Å². The Bertz CT molecular complexity index is 441. The second-order valence-electron chi connectivity index (χ2n) is 4.83.